The quantitative estimate of drug-likeness (QED) is 0.182. The molecule has 2 amide bonds. The molecular weight excluding hydrogens is 575 g/mol. The lowest BCUT2D eigenvalue weighted by molar-refractivity contribution is -0.137. The van der Waals surface area contributed by atoms with E-state index in [1.54, 1.807) is 24.3 Å². The summed E-state index contributed by atoms with van der Waals surface area (Å²) in [6, 6.07) is 18.5. The van der Waals surface area contributed by atoms with E-state index in [-0.39, 0.29) is 17.9 Å². The number of piperidine rings is 1. The normalized spacial score (nSPS) is 14.3. The highest BCUT2D eigenvalue weighted by Crippen LogP contribution is 2.32. The molecule has 1 aliphatic rings. The van der Waals surface area contributed by atoms with E-state index in [0.717, 1.165) is 83.1 Å². The van der Waals surface area contributed by atoms with E-state index in [9.17, 15) is 22.8 Å². The van der Waals surface area contributed by atoms with Crippen LogP contribution in [0.2, 0.25) is 0 Å². The van der Waals surface area contributed by atoms with Gasteiger partial charge in [-0.2, -0.15) is 13.2 Å². The van der Waals surface area contributed by atoms with Crippen molar-refractivity contribution in [3.05, 3.63) is 94.5 Å². The Hall–Kier alpha value is -3.65. The lowest BCUT2D eigenvalue weighted by Gasteiger charge is -2.32. The van der Waals surface area contributed by atoms with E-state index in [2.05, 4.69) is 47.6 Å². The number of amides is 2. The molecule has 1 saturated heterocycles. The van der Waals surface area contributed by atoms with Gasteiger partial charge in [-0.05, 0) is 104 Å². The van der Waals surface area contributed by atoms with Crippen molar-refractivity contribution in [2.45, 2.75) is 83.9 Å². The van der Waals surface area contributed by atoms with Gasteiger partial charge in [-0.15, -0.1) is 0 Å². The minimum atomic E-state index is -4.40. The largest absolute Gasteiger partial charge is 0.416 e. The minimum absolute atomic E-state index is 0.0476. The number of benzene rings is 3. The van der Waals surface area contributed by atoms with E-state index < -0.39 is 11.7 Å². The van der Waals surface area contributed by atoms with Crippen molar-refractivity contribution in [1.82, 2.24) is 15.5 Å². The molecule has 0 spiro atoms. The smallest absolute Gasteiger partial charge is 0.356 e. The molecule has 0 aliphatic carbocycles. The molecule has 0 atom stereocenters. The molecule has 0 bridgehead atoms. The fraction of sp³-hybridized carbons (Fsp3) is 0.459. The van der Waals surface area contributed by atoms with Gasteiger partial charge in [0.15, 0.2) is 0 Å². The Bertz CT molecular complexity index is 1370. The molecule has 0 aromatic heterocycles. The Kier molecular flexibility index (Phi) is 12.6. The lowest BCUT2D eigenvalue weighted by atomic mass is 9.93. The molecule has 5 nitrogen and oxygen atoms in total. The van der Waals surface area contributed by atoms with Gasteiger partial charge in [0.05, 0.1) is 5.56 Å². The Labute approximate surface area is 265 Å². The second-order valence-corrected chi connectivity index (χ2v) is 11.9. The second-order valence-electron chi connectivity index (χ2n) is 11.9. The van der Waals surface area contributed by atoms with Crippen LogP contribution in [0.1, 0.15) is 85.0 Å². The predicted molar refractivity (Wildman–Crippen MR) is 174 cm³/mol. The van der Waals surface area contributed by atoms with Gasteiger partial charge in [0.1, 0.15) is 0 Å². The first-order valence-electron chi connectivity index (χ1n) is 16.4. The Morgan fingerprint density at radius 2 is 1.51 bits per heavy atom. The molecule has 0 saturated carbocycles. The second kappa shape index (κ2) is 16.6. The number of nitrogens with one attached hydrogen (secondary N) is 2. The maximum Gasteiger partial charge on any atom is 0.416 e. The van der Waals surface area contributed by atoms with Crippen LogP contribution in [0.15, 0.2) is 66.7 Å². The van der Waals surface area contributed by atoms with E-state index in [1.807, 2.05) is 0 Å². The van der Waals surface area contributed by atoms with Crippen LogP contribution in [0, 0.1) is 0 Å². The third-order valence-corrected chi connectivity index (χ3v) is 8.80. The number of carbonyl (C=O) groups is 2. The molecule has 1 heterocycles. The fourth-order valence-corrected chi connectivity index (χ4v) is 6.21. The summed E-state index contributed by atoms with van der Waals surface area (Å²) < 4.78 is 39.0. The van der Waals surface area contributed by atoms with E-state index >= 15 is 0 Å². The van der Waals surface area contributed by atoms with Gasteiger partial charge in [0, 0.05) is 37.7 Å². The molecular formula is C37H46F3N3O2. The molecule has 2 N–H and O–H groups in total. The average Bonchev–Trinajstić information content (AvgIpc) is 3.05. The first-order chi connectivity index (χ1) is 21.7. The lowest BCUT2D eigenvalue weighted by Crippen LogP contribution is -2.45. The summed E-state index contributed by atoms with van der Waals surface area (Å²) in [5.74, 6) is -0.0847. The van der Waals surface area contributed by atoms with Gasteiger partial charge in [0.2, 0.25) is 5.91 Å². The first kappa shape index (κ1) is 34.2. The number of likely N-dealkylation sites (tertiary alicyclic amines) is 1. The van der Waals surface area contributed by atoms with Gasteiger partial charge in [-0.25, -0.2) is 0 Å². The maximum absolute atomic E-state index is 13.2. The van der Waals surface area contributed by atoms with Gasteiger partial charge in [-0.1, -0.05) is 62.4 Å². The summed E-state index contributed by atoms with van der Waals surface area (Å²) in [6.45, 7) is 7.79. The van der Waals surface area contributed by atoms with Crippen LogP contribution in [0.4, 0.5) is 13.2 Å². The minimum Gasteiger partial charge on any atom is -0.356 e. The van der Waals surface area contributed by atoms with Crippen molar-refractivity contribution < 1.29 is 22.8 Å². The average molecular weight is 622 g/mol. The summed E-state index contributed by atoms with van der Waals surface area (Å²) in [4.78, 5) is 28.0. The summed E-state index contributed by atoms with van der Waals surface area (Å²) in [7, 11) is 0. The molecule has 45 heavy (non-hydrogen) atoms. The zero-order valence-corrected chi connectivity index (χ0v) is 26.5. The first-order valence-corrected chi connectivity index (χ1v) is 16.4. The van der Waals surface area contributed by atoms with Gasteiger partial charge in [0.25, 0.3) is 5.91 Å². The van der Waals surface area contributed by atoms with Crippen molar-refractivity contribution in [1.29, 1.82) is 0 Å². The molecule has 1 fully saturated rings. The summed E-state index contributed by atoms with van der Waals surface area (Å²) >= 11 is 0. The van der Waals surface area contributed by atoms with Crippen molar-refractivity contribution in [2.75, 3.05) is 26.2 Å². The van der Waals surface area contributed by atoms with Crippen LogP contribution in [-0.2, 0) is 30.2 Å². The Morgan fingerprint density at radius 1 is 0.844 bits per heavy atom. The highest BCUT2D eigenvalue weighted by Gasteiger charge is 2.30. The van der Waals surface area contributed by atoms with Crippen molar-refractivity contribution in [3.8, 4) is 11.1 Å². The molecule has 3 aromatic rings. The maximum atomic E-state index is 13.2. The molecule has 1 aliphatic heterocycles. The Morgan fingerprint density at radius 3 is 2.16 bits per heavy atom. The fourth-order valence-electron chi connectivity index (χ4n) is 6.21. The molecule has 8 heteroatoms. The van der Waals surface area contributed by atoms with Gasteiger partial charge >= 0.3 is 6.18 Å². The molecule has 242 valence electrons. The molecule has 4 rings (SSSR count). The van der Waals surface area contributed by atoms with Crippen LogP contribution >= 0.6 is 0 Å². The van der Waals surface area contributed by atoms with Crippen molar-refractivity contribution in [3.63, 3.8) is 0 Å². The molecule has 3 aromatic carbocycles. The van der Waals surface area contributed by atoms with Crippen LogP contribution < -0.4 is 10.6 Å². The number of nitrogens with zero attached hydrogens (tertiary/aromatic N) is 1. The number of hydrogen-bond donors (Lipinski definition) is 2. The third kappa shape index (κ3) is 9.92. The van der Waals surface area contributed by atoms with Crippen LogP contribution in [0.25, 0.3) is 11.1 Å². The van der Waals surface area contributed by atoms with E-state index in [1.165, 1.54) is 28.8 Å². The van der Waals surface area contributed by atoms with Gasteiger partial charge < -0.3 is 15.5 Å². The summed E-state index contributed by atoms with van der Waals surface area (Å²) in [5.41, 5.74) is 5.13. The number of alkyl halides is 3. The standard InChI is InChI=1S/C37H46F3N3O2/c1-3-27-11-9-12-28(4-2)32(27)15-10-16-35(44)41-23-7-8-24-43-25-21-31(22-26-43)42-36(45)34-14-6-5-13-33(34)29-17-19-30(20-18-29)37(38,39)40/h5-6,9,11-14,17-20,31H,3-4,7-8,10,15-16,21-26H2,1-2H3,(H,41,44)(H,42,45). The topological polar surface area (TPSA) is 61.4 Å². The van der Waals surface area contributed by atoms with Gasteiger partial charge in [-0.3, -0.25) is 9.59 Å². The Balaban J connectivity index is 1.13. The number of halogens is 3. The highest BCUT2D eigenvalue weighted by atomic mass is 19.4. The SMILES string of the molecule is CCc1cccc(CC)c1CCCC(=O)NCCCCN1CCC(NC(=O)c2ccccc2-c2ccc(C(F)(F)F)cc2)CC1. The molecule has 0 unspecified atom stereocenters. The number of aryl methyl sites for hydroxylation is 2. The van der Waals surface area contributed by atoms with Crippen LogP contribution in [-0.4, -0.2) is 48.9 Å². The monoisotopic (exact) mass is 621 g/mol. The molecule has 0 radical (unpaired) electrons. The zero-order valence-electron chi connectivity index (χ0n) is 26.5. The van der Waals surface area contributed by atoms with Crippen LogP contribution in [0.3, 0.4) is 0 Å². The van der Waals surface area contributed by atoms with E-state index in [0.29, 0.717) is 29.7 Å². The number of hydrogen-bond acceptors (Lipinski definition) is 3. The highest BCUT2D eigenvalue weighted by molar-refractivity contribution is 6.01. The zero-order chi connectivity index (χ0) is 32.2. The van der Waals surface area contributed by atoms with Crippen LogP contribution in [0.5, 0.6) is 0 Å². The predicted octanol–water partition coefficient (Wildman–Crippen LogP) is 7.61. The number of rotatable bonds is 14. The van der Waals surface area contributed by atoms with Crippen molar-refractivity contribution >= 4 is 11.8 Å². The van der Waals surface area contributed by atoms with Crippen molar-refractivity contribution in [2.24, 2.45) is 0 Å². The summed E-state index contributed by atoms with van der Waals surface area (Å²) in [6.07, 6.45) is 3.61. The summed E-state index contributed by atoms with van der Waals surface area (Å²) in [5, 5.41) is 6.22. The third-order valence-electron chi connectivity index (χ3n) is 8.80. The number of unbranched alkanes of at least 4 members (excludes halogenated alkanes) is 1. The van der Waals surface area contributed by atoms with E-state index in [4.69, 9.17) is 0 Å². The number of carbonyl (C=O) groups excluding carboxylic acids is 2.